The van der Waals surface area contributed by atoms with E-state index in [1.54, 1.807) is 0 Å². The van der Waals surface area contributed by atoms with Crippen molar-refractivity contribution in [3.8, 4) is 0 Å². The van der Waals surface area contributed by atoms with Gasteiger partial charge in [-0.15, -0.1) is 0 Å². The van der Waals surface area contributed by atoms with Gasteiger partial charge in [-0.05, 0) is 23.9 Å². The molecule has 0 aliphatic carbocycles. The molecule has 1 N–H and O–H groups in total. The van der Waals surface area contributed by atoms with Crippen LogP contribution < -0.4 is 0 Å². The van der Waals surface area contributed by atoms with Crippen LogP contribution in [0.15, 0.2) is 35.4 Å². The van der Waals surface area contributed by atoms with Crippen molar-refractivity contribution < 1.29 is 14.6 Å². The second-order valence-corrected chi connectivity index (χ2v) is 4.97. The first-order valence-corrected chi connectivity index (χ1v) is 6.88. The van der Waals surface area contributed by atoms with Crippen molar-refractivity contribution in [2.75, 3.05) is 13.1 Å². The summed E-state index contributed by atoms with van der Waals surface area (Å²) in [6.45, 7) is 0.867. The van der Waals surface area contributed by atoms with Crippen molar-refractivity contribution in [3.63, 3.8) is 0 Å². The monoisotopic (exact) mass is 290 g/mol. The first-order valence-electron chi connectivity index (χ1n) is 6.88. The number of benzene rings is 1. The Morgan fingerprint density at radius 2 is 2.24 bits per heavy atom. The summed E-state index contributed by atoms with van der Waals surface area (Å²) in [7, 11) is 0. The predicted molar refractivity (Wildman–Crippen MR) is 76.4 cm³/mol. The van der Waals surface area contributed by atoms with E-state index in [1.807, 2.05) is 30.3 Å². The highest BCUT2D eigenvalue weighted by Crippen LogP contribution is 2.16. The van der Waals surface area contributed by atoms with Crippen LogP contribution in [0.5, 0.6) is 0 Å². The van der Waals surface area contributed by atoms with Gasteiger partial charge in [0.1, 0.15) is 6.61 Å². The minimum Gasteiger partial charge on any atom is -0.445 e. The van der Waals surface area contributed by atoms with E-state index in [9.17, 15) is 9.90 Å². The van der Waals surface area contributed by atoms with Crippen molar-refractivity contribution in [2.24, 2.45) is 5.11 Å². The number of aliphatic hydroxyl groups excluding tert-OH is 1. The molecule has 1 aliphatic heterocycles. The molecule has 1 fully saturated rings. The van der Waals surface area contributed by atoms with E-state index in [2.05, 4.69) is 10.0 Å². The molecule has 0 aromatic heterocycles. The van der Waals surface area contributed by atoms with E-state index >= 15 is 0 Å². The fraction of sp³-hybridized carbons (Fsp3) is 0.500. The van der Waals surface area contributed by atoms with Crippen LogP contribution >= 0.6 is 0 Å². The molecular formula is C14H18N4O3. The molecule has 1 saturated heterocycles. The Kier molecular flexibility index (Phi) is 5.43. The number of hydrogen-bond acceptors (Lipinski definition) is 4. The van der Waals surface area contributed by atoms with Gasteiger partial charge in [-0.2, -0.15) is 0 Å². The van der Waals surface area contributed by atoms with Crippen LogP contribution in [0, 0.1) is 0 Å². The average Bonchev–Trinajstić information content (AvgIpc) is 2.69. The number of carbonyl (C=O) groups is 1. The van der Waals surface area contributed by atoms with Crippen LogP contribution in [0.3, 0.4) is 0 Å². The van der Waals surface area contributed by atoms with Crippen molar-refractivity contribution in [3.05, 3.63) is 46.3 Å². The van der Waals surface area contributed by atoms with Gasteiger partial charge in [0.2, 0.25) is 0 Å². The molecule has 0 radical (unpaired) electrons. The van der Waals surface area contributed by atoms with Crippen molar-refractivity contribution in [1.82, 2.24) is 4.90 Å². The number of likely N-dealkylation sites (tertiary alicyclic amines) is 1. The maximum atomic E-state index is 12.1. The summed E-state index contributed by atoms with van der Waals surface area (Å²) in [6, 6.07) is 8.78. The molecule has 0 spiro atoms. The quantitative estimate of drug-likeness (QED) is 0.526. The number of azide groups is 1. The van der Waals surface area contributed by atoms with Crippen LogP contribution in [0.4, 0.5) is 4.79 Å². The number of hydrogen-bond donors (Lipinski definition) is 1. The Bertz CT molecular complexity index is 516. The zero-order valence-corrected chi connectivity index (χ0v) is 11.6. The fourth-order valence-corrected chi connectivity index (χ4v) is 2.28. The zero-order valence-electron chi connectivity index (χ0n) is 11.6. The van der Waals surface area contributed by atoms with Gasteiger partial charge in [-0.3, -0.25) is 0 Å². The topological polar surface area (TPSA) is 98.5 Å². The molecule has 2 atom stereocenters. The van der Waals surface area contributed by atoms with E-state index in [-0.39, 0.29) is 13.2 Å². The highest BCUT2D eigenvalue weighted by Gasteiger charge is 2.28. The van der Waals surface area contributed by atoms with Gasteiger partial charge >= 0.3 is 6.09 Å². The molecule has 0 unspecified atom stereocenters. The lowest BCUT2D eigenvalue weighted by atomic mass is 10.1. The molecule has 2 rings (SSSR count). The Morgan fingerprint density at radius 1 is 1.48 bits per heavy atom. The normalized spacial score (nSPS) is 22.0. The third kappa shape index (κ3) is 4.37. The van der Waals surface area contributed by atoms with Gasteiger partial charge in [0.15, 0.2) is 0 Å². The summed E-state index contributed by atoms with van der Waals surface area (Å²) in [4.78, 5) is 16.3. The Labute approximate surface area is 122 Å². The number of carbonyl (C=O) groups excluding carboxylic acids is 1. The molecule has 1 aromatic carbocycles. The van der Waals surface area contributed by atoms with Crippen molar-refractivity contribution in [1.29, 1.82) is 0 Å². The van der Waals surface area contributed by atoms with Crippen LogP contribution in [-0.4, -0.2) is 41.3 Å². The van der Waals surface area contributed by atoms with E-state index in [1.165, 1.54) is 4.90 Å². The Hall–Kier alpha value is -2.24. The van der Waals surface area contributed by atoms with Crippen molar-refractivity contribution in [2.45, 2.75) is 31.6 Å². The molecule has 1 amide bonds. The van der Waals surface area contributed by atoms with Gasteiger partial charge < -0.3 is 14.7 Å². The van der Waals surface area contributed by atoms with Gasteiger partial charge in [0, 0.05) is 18.0 Å². The first-order chi connectivity index (χ1) is 10.2. The number of aliphatic hydroxyl groups is 1. The summed E-state index contributed by atoms with van der Waals surface area (Å²) in [5.41, 5.74) is 9.43. The lowest BCUT2D eigenvalue weighted by Crippen LogP contribution is -2.38. The van der Waals surface area contributed by atoms with Gasteiger partial charge in [0.05, 0.1) is 12.1 Å². The minimum atomic E-state index is -0.715. The SMILES string of the molecule is [N-]=[N+]=N[C@H]1CN(C(=O)OCc2ccccc2)CCC[C@@H]1O. The molecular weight excluding hydrogens is 272 g/mol. The zero-order chi connectivity index (χ0) is 15.1. The molecule has 21 heavy (non-hydrogen) atoms. The third-order valence-electron chi connectivity index (χ3n) is 3.44. The van der Waals surface area contributed by atoms with E-state index in [0.717, 1.165) is 5.56 Å². The predicted octanol–water partition coefficient (Wildman–Crippen LogP) is 2.46. The first kappa shape index (κ1) is 15.2. The number of nitrogens with zero attached hydrogens (tertiary/aromatic N) is 4. The maximum Gasteiger partial charge on any atom is 0.410 e. The van der Waals surface area contributed by atoms with Gasteiger partial charge in [-0.1, -0.05) is 35.4 Å². The number of amides is 1. The summed E-state index contributed by atoms with van der Waals surface area (Å²) < 4.78 is 5.26. The summed E-state index contributed by atoms with van der Waals surface area (Å²) in [5.74, 6) is 0. The standard InChI is InChI=1S/C14H18N4O3/c15-17-16-12-9-18(8-4-7-13(12)19)14(20)21-10-11-5-2-1-3-6-11/h1-3,5-6,12-13,19H,4,7-10H2/t12-,13-/m0/s1. The second kappa shape index (κ2) is 7.52. The van der Waals surface area contributed by atoms with Crippen LogP contribution in [0.25, 0.3) is 10.4 Å². The Balaban J connectivity index is 1.93. The summed E-state index contributed by atoms with van der Waals surface area (Å²) >= 11 is 0. The van der Waals surface area contributed by atoms with Crippen LogP contribution in [0.1, 0.15) is 18.4 Å². The molecule has 1 heterocycles. The molecule has 7 nitrogen and oxygen atoms in total. The fourth-order valence-electron chi connectivity index (χ4n) is 2.28. The van der Waals surface area contributed by atoms with Gasteiger partial charge in [0.25, 0.3) is 0 Å². The third-order valence-corrected chi connectivity index (χ3v) is 3.44. The lowest BCUT2D eigenvalue weighted by Gasteiger charge is -2.22. The molecule has 0 saturated carbocycles. The summed E-state index contributed by atoms with van der Waals surface area (Å²) in [5, 5.41) is 13.4. The van der Waals surface area contributed by atoms with Crippen LogP contribution in [0.2, 0.25) is 0 Å². The lowest BCUT2D eigenvalue weighted by molar-refractivity contribution is 0.0905. The molecule has 7 heteroatoms. The molecule has 112 valence electrons. The largest absolute Gasteiger partial charge is 0.445 e. The van der Waals surface area contributed by atoms with E-state index < -0.39 is 18.2 Å². The van der Waals surface area contributed by atoms with Gasteiger partial charge in [-0.25, -0.2) is 4.79 Å². The highest BCUT2D eigenvalue weighted by atomic mass is 16.6. The van der Waals surface area contributed by atoms with Crippen LogP contribution in [-0.2, 0) is 11.3 Å². The minimum absolute atomic E-state index is 0.179. The Morgan fingerprint density at radius 3 is 2.95 bits per heavy atom. The smallest absolute Gasteiger partial charge is 0.410 e. The average molecular weight is 290 g/mol. The summed E-state index contributed by atoms with van der Waals surface area (Å²) in [6.07, 6.45) is -0.00973. The highest BCUT2D eigenvalue weighted by molar-refractivity contribution is 5.67. The number of ether oxygens (including phenoxy) is 1. The maximum absolute atomic E-state index is 12.1. The van der Waals surface area contributed by atoms with Crippen molar-refractivity contribution >= 4 is 6.09 Å². The molecule has 0 bridgehead atoms. The van der Waals surface area contributed by atoms with E-state index in [4.69, 9.17) is 10.3 Å². The van der Waals surface area contributed by atoms with E-state index in [0.29, 0.717) is 19.4 Å². The molecule has 1 aromatic rings. The molecule has 1 aliphatic rings. The second-order valence-electron chi connectivity index (χ2n) is 4.97. The number of rotatable bonds is 3.